The van der Waals surface area contributed by atoms with Crippen molar-refractivity contribution in [2.75, 3.05) is 31.3 Å². The average Bonchev–Trinajstić information content (AvgIpc) is 2.73. The Hall–Kier alpha value is -3.81. The fourth-order valence-corrected chi connectivity index (χ4v) is 3.40. The van der Waals surface area contributed by atoms with Gasteiger partial charge in [-0.3, -0.25) is 19.1 Å². The normalized spacial score (nSPS) is 10.7. The number of likely N-dealkylation sites (N-methyl/N-ethyl adjacent to an activating group) is 2. The summed E-state index contributed by atoms with van der Waals surface area (Å²) in [6.07, 6.45) is 0. The van der Waals surface area contributed by atoms with E-state index in [0.717, 1.165) is 16.7 Å². The largest absolute Gasteiger partial charge is 0.383 e. The Kier molecular flexibility index (Phi) is 6.59. The number of nitrogens with zero attached hydrogens (tertiary/aromatic N) is 3. The van der Waals surface area contributed by atoms with Crippen molar-refractivity contribution in [1.82, 2.24) is 14.5 Å². The number of nitrogen functional groups attached to an aromatic ring is 1. The molecule has 0 saturated heterocycles. The van der Waals surface area contributed by atoms with E-state index in [1.165, 1.54) is 9.47 Å². The zero-order valence-electron chi connectivity index (χ0n) is 18.0. The molecule has 3 rings (SSSR count). The molecule has 0 aliphatic carbocycles. The third kappa shape index (κ3) is 5.03. The number of carbonyl (C=O) groups excluding carboxylic acids is 1. The van der Waals surface area contributed by atoms with Crippen LogP contribution in [0.4, 0.5) is 11.5 Å². The minimum absolute atomic E-state index is 0.0226. The molecule has 0 spiro atoms. The summed E-state index contributed by atoms with van der Waals surface area (Å²) in [4.78, 5) is 43.0. The van der Waals surface area contributed by atoms with Crippen molar-refractivity contribution in [1.29, 1.82) is 0 Å². The monoisotopic (exact) mass is 421 g/mol. The van der Waals surface area contributed by atoms with Gasteiger partial charge in [-0.15, -0.1) is 0 Å². The molecular weight excluding hydrogens is 394 g/mol. The van der Waals surface area contributed by atoms with Gasteiger partial charge in [-0.2, -0.15) is 0 Å². The number of anilines is 2. The van der Waals surface area contributed by atoms with Gasteiger partial charge in [0.15, 0.2) is 0 Å². The van der Waals surface area contributed by atoms with Crippen molar-refractivity contribution in [2.24, 2.45) is 0 Å². The van der Waals surface area contributed by atoms with E-state index in [1.807, 2.05) is 61.5 Å². The predicted molar refractivity (Wildman–Crippen MR) is 122 cm³/mol. The molecular formula is C23H27N5O3. The van der Waals surface area contributed by atoms with Gasteiger partial charge in [-0.05, 0) is 23.6 Å². The van der Waals surface area contributed by atoms with Crippen LogP contribution in [0.15, 0.2) is 64.2 Å². The molecule has 1 aromatic heterocycles. The first kappa shape index (κ1) is 21.9. The molecule has 0 aliphatic heterocycles. The van der Waals surface area contributed by atoms with Crippen LogP contribution in [0.3, 0.4) is 0 Å². The van der Waals surface area contributed by atoms with Gasteiger partial charge in [0.25, 0.3) is 5.56 Å². The molecule has 3 N–H and O–H groups in total. The summed E-state index contributed by atoms with van der Waals surface area (Å²) in [5.74, 6) is -0.153. The minimum Gasteiger partial charge on any atom is -0.383 e. The quantitative estimate of drug-likeness (QED) is 0.603. The minimum atomic E-state index is -0.622. The van der Waals surface area contributed by atoms with E-state index in [2.05, 4.69) is 4.98 Å². The summed E-state index contributed by atoms with van der Waals surface area (Å²) in [6.45, 7) is 2.61. The van der Waals surface area contributed by atoms with E-state index in [4.69, 9.17) is 5.73 Å². The third-order valence-corrected chi connectivity index (χ3v) is 5.25. The Morgan fingerprint density at radius 1 is 1.03 bits per heavy atom. The van der Waals surface area contributed by atoms with Gasteiger partial charge in [-0.25, -0.2) is 4.79 Å². The predicted octanol–water partition coefficient (Wildman–Crippen LogP) is 1.57. The van der Waals surface area contributed by atoms with Crippen molar-refractivity contribution in [3.63, 3.8) is 0 Å². The smallest absolute Gasteiger partial charge is 0.330 e. The summed E-state index contributed by atoms with van der Waals surface area (Å²) < 4.78 is 1.30. The highest BCUT2D eigenvalue weighted by molar-refractivity contribution is 5.82. The number of H-pyrrole nitrogens is 1. The highest BCUT2D eigenvalue weighted by Gasteiger charge is 2.20. The van der Waals surface area contributed by atoms with E-state index < -0.39 is 11.2 Å². The van der Waals surface area contributed by atoms with Crippen molar-refractivity contribution < 1.29 is 4.79 Å². The molecule has 0 radical (unpaired) electrons. The van der Waals surface area contributed by atoms with E-state index >= 15 is 0 Å². The molecule has 0 unspecified atom stereocenters. The second kappa shape index (κ2) is 9.34. The molecule has 2 aromatic carbocycles. The second-order valence-corrected chi connectivity index (χ2v) is 7.60. The molecule has 0 bridgehead atoms. The number of hydrogen-bond acceptors (Lipinski definition) is 5. The van der Waals surface area contributed by atoms with Gasteiger partial charge < -0.3 is 15.5 Å². The number of aromatic amines is 1. The molecule has 0 aliphatic rings. The highest BCUT2D eigenvalue weighted by atomic mass is 16.2. The fraction of sp³-hybridized carbons (Fsp3) is 0.261. The molecule has 0 atom stereocenters. The maximum atomic E-state index is 12.8. The Labute approximate surface area is 180 Å². The fourth-order valence-electron chi connectivity index (χ4n) is 3.40. The lowest BCUT2D eigenvalue weighted by molar-refractivity contribution is -0.128. The van der Waals surface area contributed by atoms with Crippen molar-refractivity contribution >= 4 is 17.4 Å². The van der Waals surface area contributed by atoms with Crippen molar-refractivity contribution in [2.45, 2.75) is 20.0 Å². The number of rotatable bonds is 7. The Morgan fingerprint density at radius 2 is 1.68 bits per heavy atom. The van der Waals surface area contributed by atoms with Crippen LogP contribution in [0.5, 0.6) is 0 Å². The molecule has 8 nitrogen and oxygen atoms in total. The van der Waals surface area contributed by atoms with Gasteiger partial charge in [-0.1, -0.05) is 54.6 Å². The maximum absolute atomic E-state index is 12.8. The van der Waals surface area contributed by atoms with E-state index in [9.17, 15) is 14.4 Å². The van der Waals surface area contributed by atoms with Crippen LogP contribution in [-0.4, -0.2) is 41.0 Å². The number of benzene rings is 2. The maximum Gasteiger partial charge on any atom is 0.330 e. The molecule has 3 aromatic rings. The Morgan fingerprint density at radius 3 is 2.35 bits per heavy atom. The van der Waals surface area contributed by atoms with Crippen LogP contribution in [-0.2, 0) is 17.9 Å². The van der Waals surface area contributed by atoms with Gasteiger partial charge in [0.1, 0.15) is 11.5 Å². The van der Waals surface area contributed by atoms with Crippen LogP contribution >= 0.6 is 0 Å². The van der Waals surface area contributed by atoms with Gasteiger partial charge >= 0.3 is 5.69 Å². The third-order valence-electron chi connectivity index (χ3n) is 5.25. The molecule has 8 heteroatoms. The van der Waals surface area contributed by atoms with Gasteiger partial charge in [0.2, 0.25) is 5.91 Å². The summed E-state index contributed by atoms with van der Waals surface area (Å²) in [5, 5.41) is 0. The number of nitrogens with one attached hydrogen (secondary N) is 1. The first-order valence-electron chi connectivity index (χ1n) is 9.94. The molecule has 1 amide bonds. The lowest BCUT2D eigenvalue weighted by atomic mass is 10.1. The first-order valence-corrected chi connectivity index (χ1v) is 9.94. The standard InChI is InChI=1S/C23H27N5O3/c1-16-9-7-8-12-18(16)14-26(2)19(29)15-27(3)20-21(24)28(23(31)25-22(20)30)13-17-10-5-4-6-11-17/h4-12H,13-15,24H2,1-3H3,(H,25,30,31). The van der Waals surface area contributed by atoms with Crippen LogP contribution in [0.25, 0.3) is 0 Å². The lowest BCUT2D eigenvalue weighted by Crippen LogP contribution is -2.41. The molecule has 0 fully saturated rings. The topological polar surface area (TPSA) is 104 Å². The summed E-state index contributed by atoms with van der Waals surface area (Å²) in [7, 11) is 3.32. The molecule has 0 saturated carbocycles. The van der Waals surface area contributed by atoms with Crippen LogP contribution in [0.2, 0.25) is 0 Å². The van der Waals surface area contributed by atoms with E-state index in [1.54, 1.807) is 19.0 Å². The molecule has 31 heavy (non-hydrogen) atoms. The SMILES string of the molecule is Cc1ccccc1CN(C)C(=O)CN(C)c1c(N)n(Cc2ccccc2)c(=O)[nH]c1=O. The van der Waals surface area contributed by atoms with Crippen molar-refractivity contribution in [3.05, 3.63) is 92.1 Å². The molecule has 1 heterocycles. The number of nitrogens with two attached hydrogens (primary N) is 1. The number of hydrogen-bond donors (Lipinski definition) is 2. The zero-order valence-corrected chi connectivity index (χ0v) is 18.0. The molecule has 162 valence electrons. The van der Waals surface area contributed by atoms with Crippen LogP contribution in [0.1, 0.15) is 16.7 Å². The average molecular weight is 422 g/mol. The summed E-state index contributed by atoms with van der Waals surface area (Å²) in [5.41, 5.74) is 8.10. The van der Waals surface area contributed by atoms with Gasteiger partial charge in [0, 0.05) is 20.6 Å². The van der Waals surface area contributed by atoms with Crippen LogP contribution in [0, 0.1) is 6.92 Å². The summed E-state index contributed by atoms with van der Waals surface area (Å²) in [6, 6.07) is 17.2. The number of aromatic nitrogens is 2. The Bertz CT molecular complexity index is 1180. The van der Waals surface area contributed by atoms with E-state index in [-0.39, 0.29) is 30.5 Å². The lowest BCUT2D eigenvalue weighted by Gasteiger charge is -2.25. The zero-order chi connectivity index (χ0) is 22.5. The number of carbonyl (C=O) groups is 1. The first-order chi connectivity index (χ1) is 14.8. The number of aryl methyl sites for hydroxylation is 1. The second-order valence-electron chi connectivity index (χ2n) is 7.60. The Balaban J connectivity index is 1.80. The highest BCUT2D eigenvalue weighted by Crippen LogP contribution is 2.17. The summed E-state index contributed by atoms with van der Waals surface area (Å²) >= 11 is 0. The van der Waals surface area contributed by atoms with E-state index in [0.29, 0.717) is 6.54 Å². The number of amides is 1. The van der Waals surface area contributed by atoms with Crippen molar-refractivity contribution in [3.8, 4) is 0 Å². The van der Waals surface area contributed by atoms with Gasteiger partial charge in [0.05, 0.1) is 13.1 Å². The van der Waals surface area contributed by atoms with Crippen LogP contribution < -0.4 is 21.9 Å².